The van der Waals surface area contributed by atoms with E-state index in [0.717, 1.165) is 36.8 Å². The highest BCUT2D eigenvalue weighted by Crippen LogP contribution is 2.26. The van der Waals surface area contributed by atoms with Crippen LogP contribution >= 0.6 is 0 Å². The topological polar surface area (TPSA) is 65.8 Å². The van der Waals surface area contributed by atoms with Gasteiger partial charge in [0.2, 0.25) is 0 Å². The van der Waals surface area contributed by atoms with Crippen LogP contribution in [0.1, 0.15) is 53.6 Å². The van der Waals surface area contributed by atoms with Gasteiger partial charge in [0.25, 0.3) is 5.91 Å². The van der Waals surface area contributed by atoms with Gasteiger partial charge in [-0.25, -0.2) is 4.79 Å². The Morgan fingerprint density at radius 1 is 1.23 bits per heavy atom. The summed E-state index contributed by atoms with van der Waals surface area (Å²) in [5, 5.41) is 10.3. The highest BCUT2D eigenvalue weighted by atomic mass is 16.4. The lowest BCUT2D eigenvalue weighted by molar-refractivity contribution is 0.0634. The van der Waals surface area contributed by atoms with Crippen LogP contribution in [0.4, 0.5) is 0 Å². The fraction of sp³-hybridized carbons (Fsp3) is 0.500. The molecule has 3 rings (SSSR count). The number of hydrogen-bond donors (Lipinski definition) is 1. The number of amides is 1. The van der Waals surface area contributed by atoms with Gasteiger partial charge in [0, 0.05) is 41.6 Å². The molecule has 6 nitrogen and oxygen atoms in total. The maximum Gasteiger partial charge on any atom is 0.352 e. The molecule has 1 fully saturated rings. The Kier molecular flexibility index (Phi) is 5.05. The molecule has 1 saturated heterocycles. The SMILES string of the molecule is CC(C)n1c(C(=O)O)cc2cc(C(=O)N3CCCC(N(C)C)C3)ccc21. The highest BCUT2D eigenvalue weighted by Gasteiger charge is 2.26. The molecule has 1 aliphatic rings. The number of carbonyl (C=O) groups excluding carboxylic acids is 1. The van der Waals surface area contributed by atoms with Crippen molar-refractivity contribution >= 4 is 22.8 Å². The smallest absolute Gasteiger partial charge is 0.352 e. The molecule has 0 aliphatic carbocycles. The zero-order valence-electron chi connectivity index (χ0n) is 15.9. The molecule has 1 atom stereocenters. The van der Waals surface area contributed by atoms with Crippen LogP contribution in [0.25, 0.3) is 10.9 Å². The molecule has 1 unspecified atom stereocenters. The van der Waals surface area contributed by atoms with E-state index in [1.54, 1.807) is 10.6 Å². The molecule has 1 aliphatic heterocycles. The minimum Gasteiger partial charge on any atom is -0.477 e. The number of benzene rings is 1. The average Bonchev–Trinajstić information content (AvgIpc) is 3.00. The molecule has 6 heteroatoms. The lowest BCUT2D eigenvalue weighted by Crippen LogP contribution is -2.47. The van der Waals surface area contributed by atoms with Crippen LogP contribution < -0.4 is 0 Å². The summed E-state index contributed by atoms with van der Waals surface area (Å²) >= 11 is 0. The monoisotopic (exact) mass is 357 g/mol. The van der Waals surface area contributed by atoms with Crippen LogP contribution in [0.15, 0.2) is 24.3 Å². The zero-order valence-corrected chi connectivity index (χ0v) is 15.9. The summed E-state index contributed by atoms with van der Waals surface area (Å²) in [6.07, 6.45) is 2.11. The number of carboxylic acids is 1. The van der Waals surface area contributed by atoms with Crippen molar-refractivity contribution in [3.05, 3.63) is 35.5 Å². The molecule has 0 spiro atoms. The summed E-state index contributed by atoms with van der Waals surface area (Å²) in [7, 11) is 4.10. The van der Waals surface area contributed by atoms with E-state index in [1.165, 1.54) is 0 Å². The van der Waals surface area contributed by atoms with Crippen LogP contribution in [0.5, 0.6) is 0 Å². The first-order chi connectivity index (χ1) is 12.3. The van der Waals surface area contributed by atoms with Crippen LogP contribution in [-0.4, -0.2) is 64.6 Å². The van der Waals surface area contributed by atoms with Gasteiger partial charge in [-0.2, -0.15) is 0 Å². The third-order valence-corrected chi connectivity index (χ3v) is 5.24. The number of hydrogen-bond acceptors (Lipinski definition) is 3. The first kappa shape index (κ1) is 18.5. The number of aromatic carboxylic acids is 1. The number of likely N-dealkylation sites (N-methyl/N-ethyl adjacent to an activating group) is 1. The second kappa shape index (κ2) is 7.11. The quantitative estimate of drug-likeness (QED) is 0.913. The Bertz CT molecular complexity index is 838. The summed E-state index contributed by atoms with van der Waals surface area (Å²) in [6, 6.07) is 7.58. The van der Waals surface area contributed by atoms with Crippen LogP contribution in [0.2, 0.25) is 0 Å². The predicted molar refractivity (Wildman–Crippen MR) is 102 cm³/mol. The number of nitrogens with zero attached hydrogens (tertiary/aromatic N) is 3. The Morgan fingerprint density at radius 2 is 1.96 bits per heavy atom. The van der Waals surface area contributed by atoms with Gasteiger partial charge >= 0.3 is 5.97 Å². The number of aromatic nitrogens is 1. The summed E-state index contributed by atoms with van der Waals surface area (Å²) in [5.74, 6) is -0.930. The molecular formula is C20H27N3O3. The van der Waals surface area contributed by atoms with E-state index in [1.807, 2.05) is 51.0 Å². The molecule has 1 amide bonds. The number of rotatable bonds is 4. The van der Waals surface area contributed by atoms with Gasteiger partial charge in [0.15, 0.2) is 0 Å². The van der Waals surface area contributed by atoms with Crippen molar-refractivity contribution < 1.29 is 14.7 Å². The lowest BCUT2D eigenvalue weighted by Gasteiger charge is -2.36. The minimum absolute atomic E-state index is 0.0209. The summed E-state index contributed by atoms with van der Waals surface area (Å²) in [4.78, 5) is 28.6. The van der Waals surface area contributed by atoms with Crippen molar-refractivity contribution in [2.45, 2.75) is 38.8 Å². The third-order valence-electron chi connectivity index (χ3n) is 5.24. The van der Waals surface area contributed by atoms with Crippen LogP contribution in [0.3, 0.4) is 0 Å². The zero-order chi connectivity index (χ0) is 19.0. The predicted octanol–water partition coefficient (Wildman–Crippen LogP) is 3.09. The van der Waals surface area contributed by atoms with E-state index >= 15 is 0 Å². The Labute approximate surface area is 154 Å². The summed E-state index contributed by atoms with van der Waals surface area (Å²) < 4.78 is 1.80. The molecule has 0 saturated carbocycles. The van der Waals surface area contributed by atoms with Crippen LogP contribution in [-0.2, 0) is 0 Å². The van der Waals surface area contributed by atoms with Gasteiger partial charge in [-0.3, -0.25) is 4.79 Å². The molecule has 1 aromatic carbocycles. The van der Waals surface area contributed by atoms with Gasteiger partial charge < -0.3 is 19.5 Å². The number of likely N-dealkylation sites (tertiary alicyclic amines) is 1. The van der Waals surface area contributed by atoms with E-state index in [4.69, 9.17) is 0 Å². The van der Waals surface area contributed by atoms with Gasteiger partial charge in [0.1, 0.15) is 5.69 Å². The van der Waals surface area contributed by atoms with Crippen molar-refractivity contribution in [3.63, 3.8) is 0 Å². The molecule has 1 aromatic heterocycles. The molecule has 140 valence electrons. The number of fused-ring (bicyclic) bond motifs is 1. The first-order valence-electron chi connectivity index (χ1n) is 9.13. The standard InChI is InChI=1S/C20H27N3O3/c1-13(2)23-17-8-7-14(10-15(17)11-18(23)20(25)26)19(24)22-9-5-6-16(12-22)21(3)4/h7-8,10-11,13,16H,5-6,9,12H2,1-4H3,(H,25,26). The van der Waals surface area contributed by atoms with Crippen molar-refractivity contribution in [1.29, 1.82) is 0 Å². The largest absolute Gasteiger partial charge is 0.477 e. The molecule has 26 heavy (non-hydrogen) atoms. The van der Waals surface area contributed by atoms with E-state index in [-0.39, 0.29) is 17.6 Å². The third kappa shape index (κ3) is 3.33. The van der Waals surface area contributed by atoms with Gasteiger partial charge in [0.05, 0.1) is 0 Å². The van der Waals surface area contributed by atoms with Gasteiger partial charge in [-0.05, 0) is 65.0 Å². The molecule has 2 aromatic rings. The van der Waals surface area contributed by atoms with Crippen molar-refractivity contribution in [3.8, 4) is 0 Å². The van der Waals surface area contributed by atoms with E-state index in [2.05, 4.69) is 4.90 Å². The van der Waals surface area contributed by atoms with Gasteiger partial charge in [-0.15, -0.1) is 0 Å². The second-order valence-corrected chi connectivity index (χ2v) is 7.58. The number of piperidine rings is 1. The normalized spacial score (nSPS) is 18.1. The molecule has 0 radical (unpaired) electrons. The number of carboxylic acid groups (broad SMARTS) is 1. The Balaban J connectivity index is 1.94. The Morgan fingerprint density at radius 3 is 2.58 bits per heavy atom. The molecule has 0 bridgehead atoms. The van der Waals surface area contributed by atoms with E-state index < -0.39 is 5.97 Å². The lowest BCUT2D eigenvalue weighted by atomic mass is 10.0. The van der Waals surface area contributed by atoms with Crippen LogP contribution in [0, 0.1) is 0 Å². The maximum absolute atomic E-state index is 13.0. The molecular weight excluding hydrogens is 330 g/mol. The summed E-state index contributed by atoms with van der Waals surface area (Å²) in [6.45, 7) is 5.42. The first-order valence-corrected chi connectivity index (χ1v) is 9.13. The fourth-order valence-electron chi connectivity index (χ4n) is 3.83. The van der Waals surface area contributed by atoms with E-state index in [9.17, 15) is 14.7 Å². The van der Waals surface area contributed by atoms with Gasteiger partial charge in [-0.1, -0.05) is 0 Å². The summed E-state index contributed by atoms with van der Waals surface area (Å²) in [5.41, 5.74) is 1.72. The second-order valence-electron chi connectivity index (χ2n) is 7.58. The van der Waals surface area contributed by atoms with Crippen molar-refractivity contribution in [2.75, 3.05) is 27.2 Å². The fourth-order valence-corrected chi connectivity index (χ4v) is 3.83. The average molecular weight is 357 g/mol. The van der Waals surface area contributed by atoms with Crippen molar-refractivity contribution in [2.24, 2.45) is 0 Å². The van der Waals surface area contributed by atoms with E-state index in [0.29, 0.717) is 11.6 Å². The number of carbonyl (C=O) groups is 2. The molecule has 2 heterocycles. The Hall–Kier alpha value is -2.34. The highest BCUT2D eigenvalue weighted by molar-refractivity contribution is 6.00. The molecule has 1 N–H and O–H groups in total. The maximum atomic E-state index is 13.0. The minimum atomic E-state index is -0.951. The van der Waals surface area contributed by atoms with Crippen molar-refractivity contribution in [1.82, 2.24) is 14.4 Å².